The molecule has 2 aromatic carbocycles. The Morgan fingerprint density at radius 3 is 1.91 bits per heavy atom. The summed E-state index contributed by atoms with van der Waals surface area (Å²) in [6.45, 7) is 3.38. The topological polar surface area (TPSA) is 15.3 Å². The summed E-state index contributed by atoms with van der Waals surface area (Å²) in [5.74, 6) is 0.447. The first-order valence-electron chi connectivity index (χ1n) is 8.35. The lowest BCUT2D eigenvalue weighted by atomic mass is 9.90. The first-order valence-corrected chi connectivity index (χ1v) is 8.35. The van der Waals surface area contributed by atoms with E-state index in [0.29, 0.717) is 12.0 Å². The number of nitrogens with zero attached hydrogens (tertiary/aromatic N) is 1. The maximum atomic E-state index is 3.46. The fraction of sp³-hybridized carbons (Fsp3) is 0.400. The lowest BCUT2D eigenvalue weighted by Gasteiger charge is -2.34. The number of piperidine rings is 1. The lowest BCUT2D eigenvalue weighted by Crippen LogP contribution is -2.42. The molecule has 0 unspecified atom stereocenters. The molecule has 1 aliphatic rings. The third-order valence-electron chi connectivity index (χ3n) is 4.81. The van der Waals surface area contributed by atoms with Gasteiger partial charge in [-0.1, -0.05) is 60.7 Å². The number of likely N-dealkylation sites (N-methyl/N-ethyl adjacent to an activating group) is 1. The van der Waals surface area contributed by atoms with Gasteiger partial charge in [-0.05, 0) is 44.1 Å². The SMILES string of the molecule is CN(CC(c1ccccc1)c1ccccc1)C1CCNCC1. The predicted molar refractivity (Wildman–Crippen MR) is 93.2 cm³/mol. The number of nitrogens with one attached hydrogen (secondary N) is 1. The minimum atomic E-state index is 0.447. The van der Waals surface area contributed by atoms with Gasteiger partial charge in [0.25, 0.3) is 0 Å². The van der Waals surface area contributed by atoms with E-state index in [-0.39, 0.29) is 0 Å². The molecule has 0 aliphatic carbocycles. The van der Waals surface area contributed by atoms with Crippen LogP contribution in [-0.4, -0.2) is 37.6 Å². The molecule has 3 rings (SSSR count). The van der Waals surface area contributed by atoms with Crippen LogP contribution in [0.15, 0.2) is 60.7 Å². The first kappa shape index (κ1) is 15.3. The minimum Gasteiger partial charge on any atom is -0.317 e. The van der Waals surface area contributed by atoms with Crippen LogP contribution < -0.4 is 5.32 Å². The van der Waals surface area contributed by atoms with Gasteiger partial charge in [0.15, 0.2) is 0 Å². The van der Waals surface area contributed by atoms with Gasteiger partial charge < -0.3 is 10.2 Å². The lowest BCUT2D eigenvalue weighted by molar-refractivity contribution is 0.194. The summed E-state index contributed by atoms with van der Waals surface area (Å²) in [6.07, 6.45) is 2.51. The second kappa shape index (κ2) is 7.57. The summed E-state index contributed by atoms with van der Waals surface area (Å²) in [5, 5.41) is 3.46. The number of hydrogen-bond donors (Lipinski definition) is 1. The number of hydrogen-bond acceptors (Lipinski definition) is 2. The van der Waals surface area contributed by atoms with Crippen molar-refractivity contribution in [3.05, 3.63) is 71.8 Å². The summed E-state index contributed by atoms with van der Waals surface area (Å²) >= 11 is 0. The van der Waals surface area contributed by atoms with Crippen LogP contribution in [0.2, 0.25) is 0 Å². The highest BCUT2D eigenvalue weighted by Crippen LogP contribution is 2.26. The van der Waals surface area contributed by atoms with E-state index in [1.54, 1.807) is 0 Å². The van der Waals surface area contributed by atoms with Crippen LogP contribution in [0, 0.1) is 0 Å². The zero-order chi connectivity index (χ0) is 15.2. The van der Waals surface area contributed by atoms with E-state index >= 15 is 0 Å². The van der Waals surface area contributed by atoms with Crippen LogP contribution >= 0.6 is 0 Å². The Kier molecular flexibility index (Phi) is 5.25. The summed E-state index contributed by atoms with van der Waals surface area (Å²) in [4.78, 5) is 2.56. The Morgan fingerprint density at radius 2 is 1.41 bits per heavy atom. The molecule has 0 atom stereocenters. The molecule has 2 heteroatoms. The zero-order valence-electron chi connectivity index (χ0n) is 13.4. The van der Waals surface area contributed by atoms with Crippen LogP contribution in [-0.2, 0) is 0 Å². The molecular formula is C20H26N2. The molecule has 2 nitrogen and oxygen atoms in total. The van der Waals surface area contributed by atoms with Gasteiger partial charge in [-0.2, -0.15) is 0 Å². The highest BCUT2D eigenvalue weighted by molar-refractivity contribution is 5.32. The molecule has 0 amide bonds. The van der Waals surface area contributed by atoms with Gasteiger partial charge in [0.2, 0.25) is 0 Å². The van der Waals surface area contributed by atoms with Crippen molar-refractivity contribution < 1.29 is 0 Å². The summed E-state index contributed by atoms with van der Waals surface area (Å²) in [5.41, 5.74) is 2.82. The molecule has 2 aromatic rings. The van der Waals surface area contributed by atoms with Crippen molar-refractivity contribution in [2.45, 2.75) is 24.8 Å². The monoisotopic (exact) mass is 294 g/mol. The molecule has 1 aliphatic heterocycles. The van der Waals surface area contributed by atoms with E-state index in [0.717, 1.165) is 19.6 Å². The van der Waals surface area contributed by atoms with Gasteiger partial charge in [-0.25, -0.2) is 0 Å². The van der Waals surface area contributed by atoms with Crippen LogP contribution in [0.1, 0.15) is 29.9 Å². The molecule has 0 aromatic heterocycles. The second-order valence-electron chi connectivity index (χ2n) is 6.29. The third kappa shape index (κ3) is 3.76. The second-order valence-corrected chi connectivity index (χ2v) is 6.29. The largest absolute Gasteiger partial charge is 0.317 e. The maximum Gasteiger partial charge on any atom is 0.0217 e. The number of rotatable bonds is 5. The third-order valence-corrected chi connectivity index (χ3v) is 4.81. The Balaban J connectivity index is 1.79. The average molecular weight is 294 g/mol. The summed E-state index contributed by atoms with van der Waals surface area (Å²) in [7, 11) is 2.29. The highest BCUT2D eigenvalue weighted by atomic mass is 15.1. The smallest absolute Gasteiger partial charge is 0.0217 e. The molecule has 116 valence electrons. The number of benzene rings is 2. The van der Waals surface area contributed by atoms with Crippen molar-refractivity contribution in [3.63, 3.8) is 0 Å². The van der Waals surface area contributed by atoms with Crippen molar-refractivity contribution in [3.8, 4) is 0 Å². The van der Waals surface area contributed by atoms with Crippen molar-refractivity contribution in [2.24, 2.45) is 0 Å². The van der Waals surface area contributed by atoms with E-state index in [1.807, 2.05) is 0 Å². The molecule has 0 saturated carbocycles. The van der Waals surface area contributed by atoms with Crippen molar-refractivity contribution in [1.82, 2.24) is 10.2 Å². The fourth-order valence-electron chi connectivity index (χ4n) is 3.46. The van der Waals surface area contributed by atoms with E-state index < -0.39 is 0 Å². The maximum absolute atomic E-state index is 3.46. The van der Waals surface area contributed by atoms with E-state index in [9.17, 15) is 0 Å². The first-order chi connectivity index (χ1) is 10.8. The van der Waals surface area contributed by atoms with Crippen LogP contribution in [0.25, 0.3) is 0 Å². The van der Waals surface area contributed by atoms with Crippen LogP contribution in [0.4, 0.5) is 0 Å². The van der Waals surface area contributed by atoms with Gasteiger partial charge >= 0.3 is 0 Å². The molecule has 0 radical (unpaired) electrons. The van der Waals surface area contributed by atoms with Gasteiger partial charge in [0, 0.05) is 18.5 Å². The Labute approximate surface area is 134 Å². The molecule has 22 heavy (non-hydrogen) atoms. The Morgan fingerprint density at radius 1 is 0.909 bits per heavy atom. The molecule has 1 fully saturated rings. The van der Waals surface area contributed by atoms with Gasteiger partial charge in [0.05, 0.1) is 0 Å². The molecular weight excluding hydrogens is 268 g/mol. The highest BCUT2D eigenvalue weighted by Gasteiger charge is 2.22. The molecule has 0 bridgehead atoms. The summed E-state index contributed by atoms with van der Waals surface area (Å²) < 4.78 is 0. The zero-order valence-corrected chi connectivity index (χ0v) is 13.4. The minimum absolute atomic E-state index is 0.447. The van der Waals surface area contributed by atoms with Gasteiger partial charge in [0.1, 0.15) is 0 Å². The molecule has 1 saturated heterocycles. The van der Waals surface area contributed by atoms with E-state index in [4.69, 9.17) is 0 Å². The molecule has 0 spiro atoms. The molecule has 1 heterocycles. The Bertz CT molecular complexity index is 507. The Hall–Kier alpha value is -1.64. The van der Waals surface area contributed by atoms with Crippen LogP contribution in [0.3, 0.4) is 0 Å². The normalized spacial score (nSPS) is 16.3. The fourth-order valence-corrected chi connectivity index (χ4v) is 3.46. The average Bonchev–Trinajstić information content (AvgIpc) is 2.62. The molecule has 1 N–H and O–H groups in total. The summed E-state index contributed by atoms with van der Waals surface area (Å²) in [6, 6.07) is 22.5. The van der Waals surface area contributed by atoms with Gasteiger partial charge in [-0.3, -0.25) is 0 Å². The predicted octanol–water partition coefficient (Wildman–Crippen LogP) is 3.50. The van der Waals surface area contributed by atoms with Crippen molar-refractivity contribution >= 4 is 0 Å². The van der Waals surface area contributed by atoms with Gasteiger partial charge in [-0.15, -0.1) is 0 Å². The standard InChI is InChI=1S/C20H26N2/c1-22(19-12-14-21-15-13-19)16-20(17-8-4-2-5-9-17)18-10-6-3-7-11-18/h2-11,19-21H,12-16H2,1H3. The van der Waals surface area contributed by atoms with E-state index in [1.165, 1.54) is 24.0 Å². The van der Waals surface area contributed by atoms with E-state index in [2.05, 4.69) is 77.9 Å². The van der Waals surface area contributed by atoms with Crippen molar-refractivity contribution in [1.29, 1.82) is 0 Å². The van der Waals surface area contributed by atoms with Crippen LogP contribution in [0.5, 0.6) is 0 Å². The van der Waals surface area contributed by atoms with Crippen molar-refractivity contribution in [2.75, 3.05) is 26.7 Å². The quantitative estimate of drug-likeness (QED) is 0.908.